The fourth-order valence-corrected chi connectivity index (χ4v) is 7.14. The van der Waals surface area contributed by atoms with E-state index in [1.165, 1.54) is 25.7 Å². The van der Waals surface area contributed by atoms with Crippen LogP contribution in [0.4, 0.5) is 0 Å². The molecule has 378 valence electrons. The van der Waals surface area contributed by atoms with Gasteiger partial charge in [0.1, 0.15) is 54.9 Å². The van der Waals surface area contributed by atoms with Crippen molar-refractivity contribution in [1.29, 1.82) is 0 Å². The standard InChI is InChI=1S/C52H86O14/c1-3-5-7-9-11-13-15-17-19-21-23-25-27-29-31-33-35-44(54)64-41(38-61-36-34-32-30-28-26-24-22-20-18-16-14-12-10-8-6-4-2)39-62-51-50(60)48(58)46(56)43(66-51)40-63-52-49(59)47(57)45(55)42(37-53)65-52/h6,8,12-15,18-21,24,26,30,32,41-43,45-53,55-60H,3-5,7,9-11,16-17,22-23,25,27-29,31,33-40H2,1-2H3/b8-6-,14-12-,15-13-,20-18-,21-19-,26-24-,32-30-. The van der Waals surface area contributed by atoms with Gasteiger partial charge in [0.05, 0.1) is 33.0 Å². The minimum absolute atomic E-state index is 0.00361. The van der Waals surface area contributed by atoms with Crippen molar-refractivity contribution in [3.63, 3.8) is 0 Å². The van der Waals surface area contributed by atoms with E-state index in [9.17, 15) is 40.5 Å². The summed E-state index contributed by atoms with van der Waals surface area (Å²) in [7, 11) is 0. The van der Waals surface area contributed by atoms with Gasteiger partial charge in [-0.1, -0.05) is 137 Å². The second-order valence-corrected chi connectivity index (χ2v) is 16.9. The Bertz CT molecular complexity index is 1410. The summed E-state index contributed by atoms with van der Waals surface area (Å²) >= 11 is 0. The van der Waals surface area contributed by atoms with Gasteiger partial charge in [-0.2, -0.15) is 0 Å². The second kappa shape index (κ2) is 39.1. The highest BCUT2D eigenvalue weighted by Crippen LogP contribution is 2.26. The highest BCUT2D eigenvalue weighted by atomic mass is 16.7. The van der Waals surface area contributed by atoms with Crippen molar-refractivity contribution in [3.05, 3.63) is 85.1 Å². The van der Waals surface area contributed by atoms with Crippen LogP contribution in [0.1, 0.15) is 136 Å². The Balaban J connectivity index is 1.83. The number of unbranched alkanes of at least 4 members (excludes halogenated alkanes) is 9. The maximum atomic E-state index is 13.0. The lowest BCUT2D eigenvalue weighted by atomic mass is 9.98. The molecule has 14 nitrogen and oxygen atoms in total. The van der Waals surface area contributed by atoms with E-state index >= 15 is 0 Å². The van der Waals surface area contributed by atoms with E-state index in [1.807, 2.05) is 6.08 Å². The van der Waals surface area contributed by atoms with Crippen molar-refractivity contribution >= 4 is 5.97 Å². The number of carbonyl (C=O) groups excluding carboxylic acids is 1. The molecular formula is C52H86O14. The zero-order chi connectivity index (χ0) is 48.0. The molecule has 66 heavy (non-hydrogen) atoms. The molecule has 11 atom stereocenters. The average molecular weight is 935 g/mol. The molecule has 2 saturated heterocycles. The van der Waals surface area contributed by atoms with Gasteiger partial charge in [0, 0.05) is 6.42 Å². The predicted octanol–water partition coefficient (Wildman–Crippen LogP) is 6.90. The number of rotatable bonds is 37. The highest BCUT2D eigenvalue weighted by Gasteiger charge is 2.47. The molecule has 7 N–H and O–H groups in total. The maximum Gasteiger partial charge on any atom is 0.306 e. The molecule has 0 bridgehead atoms. The highest BCUT2D eigenvalue weighted by molar-refractivity contribution is 5.69. The fraction of sp³-hybridized carbons (Fsp3) is 0.712. The van der Waals surface area contributed by atoms with Crippen LogP contribution in [0.3, 0.4) is 0 Å². The third-order valence-electron chi connectivity index (χ3n) is 11.2. The van der Waals surface area contributed by atoms with Gasteiger partial charge in [-0.05, 0) is 77.0 Å². The van der Waals surface area contributed by atoms with Crippen LogP contribution in [-0.4, -0.2) is 142 Å². The van der Waals surface area contributed by atoms with Crippen LogP contribution in [-0.2, 0) is 33.2 Å². The molecule has 11 unspecified atom stereocenters. The number of ether oxygens (including phenoxy) is 6. The smallest absolute Gasteiger partial charge is 0.306 e. The Hall–Kier alpha value is -2.83. The quantitative estimate of drug-likeness (QED) is 0.0192. The van der Waals surface area contributed by atoms with Crippen molar-refractivity contribution in [1.82, 2.24) is 0 Å². The molecule has 2 aliphatic heterocycles. The largest absolute Gasteiger partial charge is 0.457 e. The second-order valence-electron chi connectivity index (χ2n) is 16.9. The van der Waals surface area contributed by atoms with Crippen LogP contribution in [0.15, 0.2) is 85.1 Å². The van der Waals surface area contributed by atoms with Crippen molar-refractivity contribution in [2.45, 2.75) is 203 Å². The molecule has 0 radical (unpaired) electrons. The summed E-state index contributed by atoms with van der Waals surface area (Å²) in [5, 5.41) is 72.0. The molecular weight excluding hydrogens is 849 g/mol. The Morgan fingerprint density at radius 1 is 0.515 bits per heavy atom. The summed E-state index contributed by atoms with van der Waals surface area (Å²) in [6.07, 6.45) is 32.4. The van der Waals surface area contributed by atoms with Crippen molar-refractivity contribution < 1.29 is 69.0 Å². The molecule has 2 heterocycles. The first-order valence-electron chi connectivity index (χ1n) is 24.7. The van der Waals surface area contributed by atoms with Crippen LogP contribution in [0.2, 0.25) is 0 Å². The summed E-state index contributed by atoms with van der Waals surface area (Å²) in [6.45, 7) is 3.28. The van der Waals surface area contributed by atoms with Crippen LogP contribution in [0.5, 0.6) is 0 Å². The molecule has 2 rings (SSSR count). The van der Waals surface area contributed by atoms with E-state index in [0.29, 0.717) is 19.4 Å². The Morgan fingerprint density at radius 2 is 0.985 bits per heavy atom. The lowest BCUT2D eigenvalue weighted by Gasteiger charge is -2.42. The lowest BCUT2D eigenvalue weighted by molar-refractivity contribution is -0.332. The zero-order valence-corrected chi connectivity index (χ0v) is 39.9. The average Bonchev–Trinajstić information content (AvgIpc) is 3.31. The van der Waals surface area contributed by atoms with Gasteiger partial charge in [0.15, 0.2) is 12.6 Å². The lowest BCUT2D eigenvalue weighted by Crippen LogP contribution is -2.61. The molecule has 14 heteroatoms. The van der Waals surface area contributed by atoms with Gasteiger partial charge in [0.25, 0.3) is 0 Å². The molecule has 0 aromatic carbocycles. The summed E-state index contributed by atoms with van der Waals surface area (Å²) in [6, 6.07) is 0. The Kier molecular flexibility index (Phi) is 35.1. The summed E-state index contributed by atoms with van der Waals surface area (Å²) in [4.78, 5) is 13.0. The van der Waals surface area contributed by atoms with E-state index in [4.69, 9.17) is 28.4 Å². The zero-order valence-electron chi connectivity index (χ0n) is 39.9. The van der Waals surface area contributed by atoms with E-state index in [1.54, 1.807) is 0 Å². The van der Waals surface area contributed by atoms with Gasteiger partial charge in [-0.3, -0.25) is 4.79 Å². The number of aliphatic hydroxyl groups excluding tert-OH is 7. The Labute approximate surface area is 395 Å². The van der Waals surface area contributed by atoms with Crippen LogP contribution < -0.4 is 0 Å². The van der Waals surface area contributed by atoms with Crippen LogP contribution in [0.25, 0.3) is 0 Å². The van der Waals surface area contributed by atoms with E-state index in [2.05, 4.69) is 92.8 Å². The molecule has 0 amide bonds. The number of allylic oxidation sites excluding steroid dienone is 13. The number of aliphatic hydroxyl groups is 7. The first-order valence-corrected chi connectivity index (χ1v) is 24.7. The number of hydrogen-bond donors (Lipinski definition) is 7. The predicted molar refractivity (Wildman–Crippen MR) is 256 cm³/mol. The summed E-state index contributed by atoms with van der Waals surface area (Å²) < 4.78 is 34.1. The fourth-order valence-electron chi connectivity index (χ4n) is 7.14. The Morgan fingerprint density at radius 3 is 1.55 bits per heavy atom. The third kappa shape index (κ3) is 26.6. The van der Waals surface area contributed by atoms with Gasteiger partial charge in [0.2, 0.25) is 0 Å². The summed E-state index contributed by atoms with van der Waals surface area (Å²) in [5.41, 5.74) is 0. The van der Waals surface area contributed by atoms with Crippen molar-refractivity contribution in [2.75, 3.05) is 33.0 Å². The van der Waals surface area contributed by atoms with E-state index in [0.717, 1.165) is 77.0 Å². The molecule has 2 aliphatic rings. The monoisotopic (exact) mass is 935 g/mol. The van der Waals surface area contributed by atoms with Gasteiger partial charge >= 0.3 is 5.97 Å². The van der Waals surface area contributed by atoms with Gasteiger partial charge in [-0.25, -0.2) is 0 Å². The minimum atomic E-state index is -1.73. The van der Waals surface area contributed by atoms with Gasteiger partial charge < -0.3 is 64.2 Å². The third-order valence-corrected chi connectivity index (χ3v) is 11.2. The SMILES string of the molecule is CC/C=C\C/C=C\C/C=C\C/C=C\C/C=C\CCOCC(COC1OC(COC2OC(CO)C(O)C(O)C2O)C(O)C(O)C1O)OC(=O)CCCCCCC/C=C\C/C=C\CCCCCC. The molecule has 0 aromatic rings. The summed E-state index contributed by atoms with van der Waals surface area (Å²) in [5.74, 6) is -0.419. The van der Waals surface area contributed by atoms with E-state index < -0.39 is 86.7 Å². The molecule has 0 saturated carbocycles. The van der Waals surface area contributed by atoms with Gasteiger partial charge in [-0.15, -0.1) is 0 Å². The first-order chi connectivity index (χ1) is 32.1. The minimum Gasteiger partial charge on any atom is -0.457 e. The first kappa shape index (κ1) is 59.3. The number of hydrogen-bond acceptors (Lipinski definition) is 14. The molecule has 0 aromatic heterocycles. The molecule has 0 spiro atoms. The van der Waals surface area contributed by atoms with Crippen LogP contribution in [0, 0.1) is 0 Å². The van der Waals surface area contributed by atoms with E-state index in [-0.39, 0.29) is 19.6 Å². The maximum absolute atomic E-state index is 13.0. The molecule has 0 aliphatic carbocycles. The normalized spacial score (nSPS) is 27.0. The molecule has 2 fully saturated rings. The number of esters is 1. The van der Waals surface area contributed by atoms with Crippen molar-refractivity contribution in [2.24, 2.45) is 0 Å². The topological polar surface area (TPSA) is 214 Å². The van der Waals surface area contributed by atoms with Crippen LogP contribution >= 0.6 is 0 Å². The number of carbonyl (C=O) groups is 1. The van der Waals surface area contributed by atoms with Crippen molar-refractivity contribution in [3.8, 4) is 0 Å².